The molecule has 3 nitrogen and oxygen atoms in total. The number of aryl methyl sites for hydroxylation is 1. The minimum absolute atomic E-state index is 0.203. The van der Waals surface area contributed by atoms with Crippen LogP contribution in [0.1, 0.15) is 35.2 Å². The molecule has 1 heterocycles. The first kappa shape index (κ1) is 12.1. The van der Waals surface area contributed by atoms with Crippen LogP contribution in [-0.2, 0) is 0 Å². The van der Waals surface area contributed by atoms with Crippen molar-refractivity contribution < 1.29 is 9.90 Å². The fraction of sp³-hybridized carbons (Fsp3) is 0.500. The molecule has 1 aliphatic heterocycles. The maximum absolute atomic E-state index is 10.7. The summed E-state index contributed by atoms with van der Waals surface area (Å²) in [6, 6.07) is 5.97. The number of carbonyl (C=O) groups excluding carboxylic acids is 1. The Bertz CT molecular complexity index is 403. The number of aliphatic hydroxyl groups is 1. The minimum atomic E-state index is 0.203. The summed E-state index contributed by atoms with van der Waals surface area (Å²) in [5.41, 5.74) is 2.97. The predicted molar refractivity (Wildman–Crippen MR) is 68.6 cm³/mol. The van der Waals surface area contributed by atoms with E-state index in [9.17, 15) is 9.90 Å². The van der Waals surface area contributed by atoms with Crippen LogP contribution in [0, 0.1) is 6.92 Å². The average Bonchev–Trinajstić information content (AvgIpc) is 2.38. The first-order valence-electron chi connectivity index (χ1n) is 6.19. The summed E-state index contributed by atoms with van der Waals surface area (Å²) in [4.78, 5) is 13.0. The number of piperidine rings is 1. The van der Waals surface area contributed by atoms with Crippen molar-refractivity contribution in [3.05, 3.63) is 29.3 Å². The molecular formula is C14H19NO2. The van der Waals surface area contributed by atoms with Gasteiger partial charge in [-0.05, 0) is 49.9 Å². The third-order valence-corrected chi connectivity index (χ3v) is 3.50. The molecule has 1 unspecified atom stereocenters. The van der Waals surface area contributed by atoms with E-state index in [1.54, 1.807) is 0 Å². The van der Waals surface area contributed by atoms with E-state index in [1.165, 1.54) is 12.8 Å². The molecule has 1 N–H and O–H groups in total. The van der Waals surface area contributed by atoms with Gasteiger partial charge in [0.25, 0.3) is 0 Å². The Morgan fingerprint density at radius 3 is 2.94 bits per heavy atom. The third kappa shape index (κ3) is 2.50. The van der Waals surface area contributed by atoms with Gasteiger partial charge in [0, 0.05) is 17.8 Å². The first-order chi connectivity index (χ1) is 8.26. The zero-order valence-corrected chi connectivity index (χ0v) is 10.2. The van der Waals surface area contributed by atoms with Crippen molar-refractivity contribution in [3.63, 3.8) is 0 Å². The second kappa shape index (κ2) is 5.32. The molecule has 1 atom stereocenters. The zero-order valence-electron chi connectivity index (χ0n) is 10.2. The Hall–Kier alpha value is -1.35. The second-order valence-electron chi connectivity index (χ2n) is 4.69. The summed E-state index contributed by atoms with van der Waals surface area (Å²) >= 11 is 0. The molecule has 1 saturated heterocycles. The van der Waals surface area contributed by atoms with Gasteiger partial charge in [-0.2, -0.15) is 0 Å². The summed E-state index contributed by atoms with van der Waals surface area (Å²) in [7, 11) is 0. The SMILES string of the molecule is Cc1cc(C=O)ccc1N1CCCCC1CO. The highest BCUT2D eigenvalue weighted by atomic mass is 16.3. The lowest BCUT2D eigenvalue weighted by atomic mass is 10.00. The average molecular weight is 233 g/mol. The minimum Gasteiger partial charge on any atom is -0.394 e. The Kier molecular flexibility index (Phi) is 3.79. The van der Waals surface area contributed by atoms with Gasteiger partial charge in [0.2, 0.25) is 0 Å². The summed E-state index contributed by atoms with van der Waals surface area (Å²) < 4.78 is 0. The number of anilines is 1. The molecule has 1 aromatic rings. The van der Waals surface area contributed by atoms with Crippen molar-refractivity contribution in [2.45, 2.75) is 32.2 Å². The molecule has 0 aliphatic carbocycles. The Morgan fingerprint density at radius 1 is 1.47 bits per heavy atom. The molecule has 0 bridgehead atoms. The molecule has 1 aliphatic rings. The van der Waals surface area contributed by atoms with Gasteiger partial charge in [-0.25, -0.2) is 0 Å². The fourth-order valence-corrected chi connectivity index (χ4v) is 2.58. The van der Waals surface area contributed by atoms with Gasteiger partial charge in [0.15, 0.2) is 0 Å². The molecule has 0 aromatic heterocycles. The van der Waals surface area contributed by atoms with Crippen molar-refractivity contribution in [1.82, 2.24) is 0 Å². The van der Waals surface area contributed by atoms with E-state index in [0.717, 1.165) is 30.5 Å². The molecule has 0 saturated carbocycles. The number of rotatable bonds is 3. The smallest absolute Gasteiger partial charge is 0.150 e. The lowest BCUT2D eigenvalue weighted by Gasteiger charge is -2.37. The highest BCUT2D eigenvalue weighted by Gasteiger charge is 2.22. The summed E-state index contributed by atoms with van der Waals surface area (Å²) in [6.45, 7) is 3.22. The van der Waals surface area contributed by atoms with Crippen LogP contribution in [0.25, 0.3) is 0 Å². The summed E-state index contributed by atoms with van der Waals surface area (Å²) in [5.74, 6) is 0. The third-order valence-electron chi connectivity index (χ3n) is 3.50. The van der Waals surface area contributed by atoms with Crippen LogP contribution in [0.5, 0.6) is 0 Å². The lowest BCUT2D eigenvalue weighted by Crippen LogP contribution is -2.42. The van der Waals surface area contributed by atoms with Gasteiger partial charge >= 0.3 is 0 Å². The van der Waals surface area contributed by atoms with Crippen LogP contribution in [0.15, 0.2) is 18.2 Å². The van der Waals surface area contributed by atoms with Gasteiger partial charge in [-0.3, -0.25) is 4.79 Å². The zero-order chi connectivity index (χ0) is 12.3. The monoisotopic (exact) mass is 233 g/mol. The van der Waals surface area contributed by atoms with Crippen molar-refractivity contribution in [1.29, 1.82) is 0 Å². The van der Waals surface area contributed by atoms with E-state index in [-0.39, 0.29) is 12.6 Å². The lowest BCUT2D eigenvalue weighted by molar-refractivity contribution is 0.112. The molecule has 0 radical (unpaired) electrons. The van der Waals surface area contributed by atoms with Crippen LogP contribution >= 0.6 is 0 Å². The number of aliphatic hydroxyl groups excluding tert-OH is 1. The molecule has 1 aromatic carbocycles. The molecule has 3 heteroatoms. The number of nitrogens with zero attached hydrogens (tertiary/aromatic N) is 1. The maximum atomic E-state index is 10.7. The van der Waals surface area contributed by atoms with Crippen molar-refractivity contribution >= 4 is 12.0 Å². The molecule has 1 fully saturated rings. The van der Waals surface area contributed by atoms with Crippen molar-refractivity contribution in [2.24, 2.45) is 0 Å². The van der Waals surface area contributed by atoms with Crippen LogP contribution < -0.4 is 4.90 Å². The van der Waals surface area contributed by atoms with E-state index in [1.807, 2.05) is 25.1 Å². The Labute approximate surface area is 102 Å². The Balaban J connectivity index is 2.28. The van der Waals surface area contributed by atoms with Crippen LogP contribution in [0.3, 0.4) is 0 Å². The Morgan fingerprint density at radius 2 is 2.29 bits per heavy atom. The second-order valence-corrected chi connectivity index (χ2v) is 4.69. The van der Waals surface area contributed by atoms with E-state index < -0.39 is 0 Å². The first-order valence-corrected chi connectivity index (χ1v) is 6.19. The standard InChI is InChI=1S/C14H19NO2/c1-11-8-12(9-16)5-6-14(11)15-7-3-2-4-13(15)10-17/h5-6,8-9,13,17H,2-4,7,10H2,1H3. The number of aldehydes is 1. The van der Waals surface area contributed by atoms with Crippen LogP contribution in [0.4, 0.5) is 5.69 Å². The molecule has 92 valence electrons. The number of carbonyl (C=O) groups is 1. The van der Waals surface area contributed by atoms with Crippen molar-refractivity contribution in [2.75, 3.05) is 18.1 Å². The number of benzene rings is 1. The van der Waals surface area contributed by atoms with Crippen LogP contribution in [0.2, 0.25) is 0 Å². The van der Waals surface area contributed by atoms with Gasteiger partial charge in [0.1, 0.15) is 6.29 Å². The predicted octanol–water partition coefficient (Wildman–Crippen LogP) is 2.16. The highest BCUT2D eigenvalue weighted by Crippen LogP contribution is 2.27. The molecule has 2 rings (SSSR count). The van der Waals surface area contributed by atoms with Gasteiger partial charge < -0.3 is 10.0 Å². The topological polar surface area (TPSA) is 40.5 Å². The van der Waals surface area contributed by atoms with E-state index >= 15 is 0 Å². The highest BCUT2D eigenvalue weighted by molar-refractivity contribution is 5.77. The largest absolute Gasteiger partial charge is 0.394 e. The van der Waals surface area contributed by atoms with Gasteiger partial charge in [-0.15, -0.1) is 0 Å². The number of hydrogen-bond donors (Lipinski definition) is 1. The van der Waals surface area contributed by atoms with E-state index in [2.05, 4.69) is 4.90 Å². The van der Waals surface area contributed by atoms with E-state index in [0.29, 0.717) is 5.56 Å². The summed E-state index contributed by atoms with van der Waals surface area (Å²) in [5, 5.41) is 9.42. The van der Waals surface area contributed by atoms with Gasteiger partial charge in [-0.1, -0.05) is 0 Å². The van der Waals surface area contributed by atoms with Crippen LogP contribution in [-0.4, -0.2) is 30.6 Å². The van der Waals surface area contributed by atoms with Crippen molar-refractivity contribution in [3.8, 4) is 0 Å². The maximum Gasteiger partial charge on any atom is 0.150 e. The van der Waals surface area contributed by atoms with E-state index in [4.69, 9.17) is 0 Å². The molecule has 0 amide bonds. The normalized spacial score (nSPS) is 20.4. The molecular weight excluding hydrogens is 214 g/mol. The fourth-order valence-electron chi connectivity index (χ4n) is 2.58. The molecule has 17 heavy (non-hydrogen) atoms. The number of hydrogen-bond acceptors (Lipinski definition) is 3. The quantitative estimate of drug-likeness (QED) is 0.813. The summed E-state index contributed by atoms with van der Waals surface area (Å²) in [6.07, 6.45) is 4.28. The molecule has 0 spiro atoms. The van der Waals surface area contributed by atoms with Gasteiger partial charge in [0.05, 0.1) is 12.6 Å².